The molecule has 176 valence electrons. The smallest absolute Gasteiger partial charge is 0.416 e. The Morgan fingerprint density at radius 3 is 2.56 bits per heavy atom. The van der Waals surface area contributed by atoms with E-state index in [0.29, 0.717) is 0 Å². The van der Waals surface area contributed by atoms with Crippen molar-refractivity contribution in [3.63, 3.8) is 0 Å². The predicted molar refractivity (Wildman–Crippen MR) is 116 cm³/mol. The number of carbonyl (C=O) groups is 2. The lowest BCUT2D eigenvalue weighted by Gasteiger charge is -2.13. The number of nitro benzene ring substituents is 1. The molecule has 0 saturated carbocycles. The summed E-state index contributed by atoms with van der Waals surface area (Å²) in [5, 5.41) is 15.8. The Bertz CT molecular complexity index is 1250. The molecule has 3 aromatic rings. The molecule has 2 N–H and O–H groups in total. The van der Waals surface area contributed by atoms with Crippen molar-refractivity contribution in [3.05, 3.63) is 87.1 Å². The molecular formula is C21H14ClF3N4O5. The zero-order valence-electron chi connectivity index (χ0n) is 16.9. The van der Waals surface area contributed by atoms with Gasteiger partial charge in [-0.25, -0.2) is 9.78 Å². The summed E-state index contributed by atoms with van der Waals surface area (Å²) in [5.41, 5.74) is -1.35. The van der Waals surface area contributed by atoms with E-state index >= 15 is 0 Å². The van der Waals surface area contributed by atoms with Crippen LogP contribution in [0.4, 0.5) is 36.1 Å². The Hall–Kier alpha value is -4.19. The summed E-state index contributed by atoms with van der Waals surface area (Å²) < 4.78 is 43.7. The van der Waals surface area contributed by atoms with Gasteiger partial charge in [-0.15, -0.1) is 0 Å². The molecule has 34 heavy (non-hydrogen) atoms. The lowest BCUT2D eigenvalue weighted by molar-refractivity contribution is -0.384. The minimum absolute atomic E-state index is 0.0321. The number of rotatable bonds is 7. The quantitative estimate of drug-likeness (QED) is 0.263. The molecule has 0 aliphatic heterocycles. The monoisotopic (exact) mass is 494 g/mol. The molecule has 3 rings (SSSR count). The molecule has 2 aromatic carbocycles. The van der Waals surface area contributed by atoms with Crippen LogP contribution in [0.3, 0.4) is 0 Å². The van der Waals surface area contributed by atoms with Gasteiger partial charge in [0, 0.05) is 23.6 Å². The van der Waals surface area contributed by atoms with Crippen molar-refractivity contribution in [2.45, 2.75) is 6.18 Å². The van der Waals surface area contributed by atoms with E-state index in [0.717, 1.165) is 18.2 Å². The highest BCUT2D eigenvalue weighted by Crippen LogP contribution is 2.31. The van der Waals surface area contributed by atoms with Crippen molar-refractivity contribution < 1.29 is 32.4 Å². The molecule has 1 heterocycles. The number of nitrogens with zero attached hydrogens (tertiary/aromatic N) is 2. The molecule has 13 heteroatoms. The third kappa shape index (κ3) is 6.19. The summed E-state index contributed by atoms with van der Waals surface area (Å²) in [6, 6.07) is 10.6. The van der Waals surface area contributed by atoms with Crippen molar-refractivity contribution in [3.8, 4) is 0 Å². The van der Waals surface area contributed by atoms with Crippen molar-refractivity contribution in [1.82, 2.24) is 4.98 Å². The van der Waals surface area contributed by atoms with E-state index in [4.69, 9.17) is 16.3 Å². The molecule has 1 aromatic heterocycles. The highest BCUT2D eigenvalue weighted by Gasteiger charge is 2.30. The second-order valence-corrected chi connectivity index (χ2v) is 7.06. The number of aromatic nitrogens is 1. The highest BCUT2D eigenvalue weighted by atomic mass is 35.5. The molecule has 0 radical (unpaired) electrons. The van der Waals surface area contributed by atoms with Gasteiger partial charge < -0.3 is 15.4 Å². The second kappa shape index (κ2) is 10.2. The van der Waals surface area contributed by atoms with Gasteiger partial charge in [-0.2, -0.15) is 13.2 Å². The van der Waals surface area contributed by atoms with Crippen LogP contribution in [0, 0.1) is 10.1 Å². The molecule has 0 unspecified atom stereocenters. The maximum Gasteiger partial charge on any atom is 0.416 e. The topological polar surface area (TPSA) is 123 Å². The molecule has 9 nitrogen and oxygen atoms in total. The number of hydrogen-bond donors (Lipinski definition) is 2. The lowest BCUT2D eigenvalue weighted by Crippen LogP contribution is -2.21. The van der Waals surface area contributed by atoms with Crippen LogP contribution in [0.2, 0.25) is 5.02 Å². The van der Waals surface area contributed by atoms with Gasteiger partial charge in [0.15, 0.2) is 6.61 Å². The van der Waals surface area contributed by atoms with E-state index in [-0.39, 0.29) is 27.8 Å². The molecule has 0 saturated heterocycles. The molecular weight excluding hydrogens is 481 g/mol. The van der Waals surface area contributed by atoms with Crippen molar-refractivity contribution in [1.29, 1.82) is 0 Å². The van der Waals surface area contributed by atoms with Crippen molar-refractivity contribution in [2.24, 2.45) is 0 Å². The predicted octanol–water partition coefficient (Wildman–Crippen LogP) is 5.20. The molecule has 0 bridgehead atoms. The van der Waals surface area contributed by atoms with Crippen LogP contribution in [0.15, 0.2) is 60.8 Å². The maximum atomic E-state index is 12.9. The first-order chi connectivity index (χ1) is 16.0. The Balaban J connectivity index is 1.67. The second-order valence-electron chi connectivity index (χ2n) is 6.65. The normalized spacial score (nSPS) is 10.9. The number of anilines is 3. The third-order valence-electron chi connectivity index (χ3n) is 4.24. The van der Waals surface area contributed by atoms with Gasteiger partial charge in [-0.05, 0) is 42.5 Å². The summed E-state index contributed by atoms with van der Waals surface area (Å²) in [4.78, 5) is 38.7. The number of pyridine rings is 1. The minimum Gasteiger partial charge on any atom is -0.452 e. The number of carbonyl (C=O) groups excluding carboxylic acids is 2. The first kappa shape index (κ1) is 24.5. The van der Waals surface area contributed by atoms with Crippen LogP contribution in [0.25, 0.3) is 0 Å². The SMILES string of the molecule is O=C(COC(=O)c1cccnc1Nc1cccc(C(F)(F)F)c1)Nc1ccc(Cl)c([N+](=O)[O-])c1. The Morgan fingerprint density at radius 2 is 1.85 bits per heavy atom. The number of halogens is 4. The van der Waals surface area contributed by atoms with Crippen LogP contribution in [0.5, 0.6) is 0 Å². The Morgan fingerprint density at radius 1 is 1.09 bits per heavy atom. The van der Waals surface area contributed by atoms with Gasteiger partial charge in [0.1, 0.15) is 16.4 Å². The fourth-order valence-corrected chi connectivity index (χ4v) is 2.90. The number of nitro groups is 1. The van der Waals surface area contributed by atoms with Crippen LogP contribution in [-0.2, 0) is 15.7 Å². The van der Waals surface area contributed by atoms with Crippen LogP contribution >= 0.6 is 11.6 Å². The number of hydrogen-bond acceptors (Lipinski definition) is 7. The van der Waals surface area contributed by atoms with E-state index in [1.54, 1.807) is 0 Å². The molecule has 0 fully saturated rings. The van der Waals surface area contributed by atoms with Crippen LogP contribution < -0.4 is 10.6 Å². The average Bonchev–Trinajstić information content (AvgIpc) is 2.78. The average molecular weight is 495 g/mol. The largest absolute Gasteiger partial charge is 0.452 e. The number of ether oxygens (including phenoxy) is 1. The first-order valence-corrected chi connectivity index (χ1v) is 9.72. The number of alkyl halides is 3. The van der Waals surface area contributed by atoms with Gasteiger partial charge in [-0.3, -0.25) is 14.9 Å². The summed E-state index contributed by atoms with van der Waals surface area (Å²) in [6.45, 7) is -0.743. The van der Waals surface area contributed by atoms with E-state index in [9.17, 15) is 32.9 Å². The molecule has 0 aliphatic carbocycles. The minimum atomic E-state index is -4.55. The zero-order chi connectivity index (χ0) is 24.9. The van der Waals surface area contributed by atoms with Crippen LogP contribution in [0.1, 0.15) is 15.9 Å². The molecule has 0 atom stereocenters. The number of amides is 1. The van der Waals surface area contributed by atoms with Gasteiger partial charge in [0.05, 0.1) is 10.5 Å². The fraction of sp³-hybridized carbons (Fsp3) is 0.0952. The van der Waals surface area contributed by atoms with E-state index in [2.05, 4.69) is 15.6 Å². The molecule has 0 aliphatic rings. The Labute approximate surface area is 194 Å². The van der Waals surface area contributed by atoms with E-state index in [1.165, 1.54) is 42.6 Å². The Kier molecular flexibility index (Phi) is 7.31. The van der Waals surface area contributed by atoms with Crippen molar-refractivity contribution >= 4 is 46.4 Å². The van der Waals surface area contributed by atoms with Crippen LogP contribution in [-0.4, -0.2) is 28.4 Å². The summed E-state index contributed by atoms with van der Waals surface area (Å²) in [7, 11) is 0. The van der Waals surface area contributed by atoms with Gasteiger partial charge in [0.2, 0.25) is 0 Å². The first-order valence-electron chi connectivity index (χ1n) is 9.35. The zero-order valence-corrected chi connectivity index (χ0v) is 17.7. The fourth-order valence-electron chi connectivity index (χ4n) is 2.72. The summed E-state index contributed by atoms with van der Waals surface area (Å²) >= 11 is 5.71. The summed E-state index contributed by atoms with van der Waals surface area (Å²) in [5.74, 6) is -1.85. The highest BCUT2D eigenvalue weighted by molar-refractivity contribution is 6.32. The van der Waals surface area contributed by atoms with E-state index in [1.807, 2.05) is 0 Å². The summed E-state index contributed by atoms with van der Waals surface area (Å²) in [6.07, 6.45) is -3.24. The number of nitrogens with one attached hydrogen (secondary N) is 2. The third-order valence-corrected chi connectivity index (χ3v) is 4.56. The van der Waals surface area contributed by atoms with Gasteiger partial charge in [0.25, 0.3) is 11.6 Å². The lowest BCUT2D eigenvalue weighted by atomic mass is 10.2. The van der Waals surface area contributed by atoms with Gasteiger partial charge >= 0.3 is 12.1 Å². The van der Waals surface area contributed by atoms with Gasteiger partial charge in [-0.1, -0.05) is 17.7 Å². The number of esters is 1. The van der Waals surface area contributed by atoms with E-state index < -0.39 is 40.8 Å². The molecule has 1 amide bonds. The maximum absolute atomic E-state index is 12.9. The number of benzene rings is 2. The molecule has 0 spiro atoms. The standard InChI is InChI=1S/C21H14ClF3N4O5/c22-16-7-6-14(10-17(16)29(32)33)27-18(30)11-34-20(31)15-5-2-8-26-19(15)28-13-4-1-3-12(9-13)21(23,24)25/h1-10H,11H2,(H,26,28)(H,27,30). The van der Waals surface area contributed by atoms with Crippen molar-refractivity contribution in [2.75, 3.05) is 17.2 Å².